The van der Waals surface area contributed by atoms with E-state index in [-0.39, 0.29) is 12.6 Å². The van der Waals surface area contributed by atoms with Crippen molar-refractivity contribution >= 4 is 5.97 Å². The lowest BCUT2D eigenvalue weighted by Crippen LogP contribution is -2.06. The summed E-state index contributed by atoms with van der Waals surface area (Å²) < 4.78 is 9.54. The average molecular weight is 371 g/mol. The Morgan fingerprint density at radius 2 is 1.39 bits per heavy atom. The maximum atomic E-state index is 12.3. The molecule has 2 aromatic heterocycles. The third-order valence-corrected chi connectivity index (χ3v) is 4.54. The van der Waals surface area contributed by atoms with Gasteiger partial charge in [0, 0.05) is 37.9 Å². The van der Waals surface area contributed by atoms with Crippen LogP contribution in [0.5, 0.6) is 0 Å². The average Bonchev–Trinajstić information content (AvgIpc) is 3.42. The summed E-state index contributed by atoms with van der Waals surface area (Å²) in [5, 5.41) is 0. The molecule has 0 unspecified atom stereocenters. The minimum Gasteiger partial charge on any atom is -0.457 e. The predicted molar refractivity (Wildman–Crippen MR) is 107 cm³/mol. The molecule has 0 saturated heterocycles. The van der Waals surface area contributed by atoms with E-state index in [0.29, 0.717) is 5.56 Å². The van der Waals surface area contributed by atoms with Gasteiger partial charge in [0.05, 0.1) is 11.9 Å². The van der Waals surface area contributed by atoms with E-state index in [1.54, 1.807) is 24.7 Å². The molecular weight excluding hydrogens is 350 g/mol. The molecule has 2 heterocycles. The van der Waals surface area contributed by atoms with Crippen molar-refractivity contribution in [1.82, 2.24) is 14.1 Å². The quantitative estimate of drug-likeness (QED) is 0.459. The van der Waals surface area contributed by atoms with Crippen molar-refractivity contribution in [1.29, 1.82) is 0 Å². The SMILES string of the molecule is O=C(OCc1ccc(Cn2cccc2)cc1)c1ccc(Cn2ccnc2)cc1. The zero-order valence-electron chi connectivity index (χ0n) is 15.4. The Balaban J connectivity index is 1.30. The fraction of sp³-hybridized carbons (Fsp3) is 0.130. The molecule has 0 amide bonds. The van der Waals surface area contributed by atoms with E-state index in [0.717, 1.165) is 24.2 Å². The minimum absolute atomic E-state index is 0.263. The second kappa shape index (κ2) is 8.39. The van der Waals surface area contributed by atoms with Crippen molar-refractivity contribution in [2.24, 2.45) is 0 Å². The van der Waals surface area contributed by atoms with E-state index < -0.39 is 0 Å². The summed E-state index contributed by atoms with van der Waals surface area (Å²) in [6.07, 6.45) is 9.50. The van der Waals surface area contributed by atoms with Crippen LogP contribution >= 0.6 is 0 Å². The number of rotatable bonds is 7. The Bertz CT molecular complexity index is 1000. The third kappa shape index (κ3) is 4.57. The van der Waals surface area contributed by atoms with Crippen LogP contribution in [0.2, 0.25) is 0 Å². The summed E-state index contributed by atoms with van der Waals surface area (Å²) in [6.45, 7) is 1.82. The highest BCUT2D eigenvalue weighted by atomic mass is 16.5. The molecule has 0 aliphatic carbocycles. The van der Waals surface area contributed by atoms with Gasteiger partial charge in [0.2, 0.25) is 0 Å². The summed E-state index contributed by atoms with van der Waals surface area (Å²) in [5.41, 5.74) is 3.84. The highest BCUT2D eigenvalue weighted by molar-refractivity contribution is 5.89. The van der Waals surface area contributed by atoms with Crippen LogP contribution in [0.25, 0.3) is 0 Å². The van der Waals surface area contributed by atoms with E-state index in [1.807, 2.05) is 59.6 Å². The number of esters is 1. The Morgan fingerprint density at radius 1 is 0.786 bits per heavy atom. The van der Waals surface area contributed by atoms with Crippen LogP contribution in [-0.2, 0) is 24.4 Å². The van der Waals surface area contributed by atoms with E-state index >= 15 is 0 Å². The van der Waals surface area contributed by atoms with Gasteiger partial charge in [0.15, 0.2) is 0 Å². The molecule has 0 N–H and O–H groups in total. The van der Waals surface area contributed by atoms with Gasteiger partial charge in [-0.05, 0) is 41.0 Å². The summed E-state index contributed by atoms with van der Waals surface area (Å²) in [5.74, 6) is -0.314. The Morgan fingerprint density at radius 3 is 2.04 bits per heavy atom. The van der Waals surface area contributed by atoms with E-state index in [1.165, 1.54) is 5.56 Å². The van der Waals surface area contributed by atoms with Gasteiger partial charge in [-0.2, -0.15) is 0 Å². The number of ether oxygens (including phenoxy) is 1. The maximum Gasteiger partial charge on any atom is 0.338 e. The van der Waals surface area contributed by atoms with Crippen molar-refractivity contribution in [3.05, 3.63) is 114 Å². The van der Waals surface area contributed by atoms with Crippen LogP contribution in [0.1, 0.15) is 27.0 Å². The number of nitrogens with zero attached hydrogens (tertiary/aromatic N) is 3. The van der Waals surface area contributed by atoms with Crippen LogP contribution in [0, 0.1) is 0 Å². The van der Waals surface area contributed by atoms with Crippen LogP contribution in [0.4, 0.5) is 0 Å². The van der Waals surface area contributed by atoms with E-state index in [4.69, 9.17) is 4.74 Å². The second-order valence-electron chi connectivity index (χ2n) is 6.68. The fourth-order valence-electron chi connectivity index (χ4n) is 3.00. The molecule has 0 aliphatic heterocycles. The van der Waals surface area contributed by atoms with Gasteiger partial charge >= 0.3 is 5.97 Å². The number of carbonyl (C=O) groups is 1. The normalized spacial score (nSPS) is 10.7. The van der Waals surface area contributed by atoms with Gasteiger partial charge in [-0.1, -0.05) is 36.4 Å². The molecule has 2 aromatic carbocycles. The first-order chi connectivity index (χ1) is 13.8. The number of benzene rings is 2. The van der Waals surface area contributed by atoms with Crippen molar-refractivity contribution in [2.45, 2.75) is 19.7 Å². The molecule has 0 bridgehead atoms. The van der Waals surface area contributed by atoms with Crippen LogP contribution in [0.15, 0.2) is 91.8 Å². The zero-order chi connectivity index (χ0) is 19.2. The molecule has 4 aromatic rings. The third-order valence-electron chi connectivity index (χ3n) is 4.54. The topological polar surface area (TPSA) is 49.0 Å². The lowest BCUT2D eigenvalue weighted by molar-refractivity contribution is 0.0472. The summed E-state index contributed by atoms with van der Waals surface area (Å²) in [7, 11) is 0. The molecular formula is C23H21N3O2. The molecule has 140 valence electrons. The lowest BCUT2D eigenvalue weighted by atomic mass is 10.1. The van der Waals surface area contributed by atoms with E-state index in [2.05, 4.69) is 21.7 Å². The smallest absolute Gasteiger partial charge is 0.338 e. The first kappa shape index (κ1) is 17.8. The summed E-state index contributed by atoms with van der Waals surface area (Å²) in [6, 6.07) is 19.6. The molecule has 0 atom stereocenters. The van der Waals surface area contributed by atoms with Gasteiger partial charge in [-0.3, -0.25) is 0 Å². The van der Waals surface area contributed by atoms with Crippen molar-refractivity contribution < 1.29 is 9.53 Å². The first-order valence-electron chi connectivity index (χ1n) is 9.17. The van der Waals surface area contributed by atoms with Crippen LogP contribution < -0.4 is 0 Å². The zero-order valence-corrected chi connectivity index (χ0v) is 15.4. The van der Waals surface area contributed by atoms with Gasteiger partial charge in [0.1, 0.15) is 6.61 Å². The first-order valence-corrected chi connectivity index (χ1v) is 9.17. The van der Waals surface area contributed by atoms with Crippen molar-refractivity contribution in [3.63, 3.8) is 0 Å². The molecule has 0 spiro atoms. The summed E-state index contributed by atoms with van der Waals surface area (Å²) in [4.78, 5) is 16.3. The number of hydrogen-bond acceptors (Lipinski definition) is 3. The second-order valence-corrected chi connectivity index (χ2v) is 6.68. The van der Waals surface area contributed by atoms with Crippen LogP contribution in [-0.4, -0.2) is 20.1 Å². The van der Waals surface area contributed by atoms with Crippen molar-refractivity contribution in [3.8, 4) is 0 Å². The molecule has 0 fully saturated rings. The molecule has 0 aliphatic rings. The van der Waals surface area contributed by atoms with Crippen LogP contribution in [0.3, 0.4) is 0 Å². The van der Waals surface area contributed by atoms with Gasteiger partial charge < -0.3 is 13.9 Å². The number of aromatic nitrogens is 3. The standard InChI is InChI=1S/C23H21N3O2/c27-23(22-9-7-20(8-10-22)16-26-14-11-24-18-26)28-17-21-5-3-19(4-6-21)15-25-12-1-2-13-25/h1-14,18H,15-17H2. The molecule has 0 radical (unpaired) electrons. The molecule has 28 heavy (non-hydrogen) atoms. The lowest BCUT2D eigenvalue weighted by Gasteiger charge is -2.08. The molecule has 5 nitrogen and oxygen atoms in total. The highest BCUT2D eigenvalue weighted by Crippen LogP contribution is 2.11. The summed E-state index contributed by atoms with van der Waals surface area (Å²) >= 11 is 0. The van der Waals surface area contributed by atoms with Gasteiger partial charge in [-0.25, -0.2) is 9.78 Å². The molecule has 5 heteroatoms. The number of hydrogen-bond donors (Lipinski definition) is 0. The Hall–Kier alpha value is -3.60. The van der Waals surface area contributed by atoms with Gasteiger partial charge in [0.25, 0.3) is 0 Å². The number of carbonyl (C=O) groups excluding carboxylic acids is 1. The Labute approximate surface area is 163 Å². The van der Waals surface area contributed by atoms with E-state index in [9.17, 15) is 4.79 Å². The molecule has 0 saturated carbocycles. The Kier molecular flexibility index (Phi) is 5.33. The fourth-order valence-corrected chi connectivity index (χ4v) is 3.00. The van der Waals surface area contributed by atoms with Crippen molar-refractivity contribution in [2.75, 3.05) is 0 Å². The van der Waals surface area contributed by atoms with Gasteiger partial charge in [-0.15, -0.1) is 0 Å². The predicted octanol–water partition coefficient (Wildman–Crippen LogP) is 4.14. The number of imidazole rings is 1. The monoisotopic (exact) mass is 371 g/mol. The highest BCUT2D eigenvalue weighted by Gasteiger charge is 2.08. The molecule has 4 rings (SSSR count). The maximum absolute atomic E-state index is 12.3. The minimum atomic E-state index is -0.314. The largest absolute Gasteiger partial charge is 0.457 e.